The van der Waals surface area contributed by atoms with E-state index in [9.17, 15) is 0 Å². The monoisotopic (exact) mass is 219 g/mol. The minimum atomic E-state index is 0.664. The van der Waals surface area contributed by atoms with Gasteiger partial charge in [0.1, 0.15) is 0 Å². The van der Waals surface area contributed by atoms with Crippen molar-refractivity contribution >= 4 is 11.0 Å². The maximum atomic E-state index is 5.13. The predicted molar refractivity (Wildman–Crippen MR) is 64.9 cm³/mol. The van der Waals surface area contributed by atoms with E-state index < -0.39 is 0 Å². The summed E-state index contributed by atoms with van der Waals surface area (Å²) in [6.07, 6.45) is 3.00. The zero-order chi connectivity index (χ0) is 11.4. The number of nitrogens with zero attached hydrogens (tertiary/aromatic N) is 1. The molecule has 86 valence electrons. The number of aromatic nitrogens is 2. The number of ether oxygens (including phenoxy) is 1. The first-order valence-corrected chi connectivity index (χ1v) is 5.57. The van der Waals surface area contributed by atoms with Crippen LogP contribution >= 0.6 is 0 Å². The topological polar surface area (TPSA) is 49.9 Å². The van der Waals surface area contributed by atoms with Crippen molar-refractivity contribution in [3.8, 4) is 5.88 Å². The molecule has 0 amide bonds. The lowest BCUT2D eigenvalue weighted by Crippen LogP contribution is -2.15. The molecule has 4 heteroatoms. The summed E-state index contributed by atoms with van der Waals surface area (Å²) in [5.41, 5.74) is 3.31. The smallest absolute Gasteiger partial charge is 0.213 e. The summed E-state index contributed by atoms with van der Waals surface area (Å²) in [6.45, 7) is 4.08. The predicted octanol–water partition coefficient (Wildman–Crippen LogP) is 1.72. The van der Waals surface area contributed by atoms with Crippen molar-refractivity contribution in [3.05, 3.63) is 23.9 Å². The minimum absolute atomic E-state index is 0.664. The fourth-order valence-corrected chi connectivity index (χ4v) is 1.74. The first kappa shape index (κ1) is 11.0. The molecule has 2 aromatic heterocycles. The second kappa shape index (κ2) is 4.99. The number of hydrogen-bond acceptors (Lipinski definition) is 3. The van der Waals surface area contributed by atoms with Gasteiger partial charge in [-0.15, -0.1) is 0 Å². The van der Waals surface area contributed by atoms with Gasteiger partial charge in [0.15, 0.2) is 0 Å². The van der Waals surface area contributed by atoms with Crippen molar-refractivity contribution in [3.63, 3.8) is 0 Å². The standard InChI is InChI=1S/C12H17N3O/c1-3-13-7-6-9-8-14-10-4-5-11(16-2)15-12(9)10/h4-5,8,13-14H,3,6-7H2,1-2H3. The van der Waals surface area contributed by atoms with E-state index in [4.69, 9.17) is 4.74 Å². The van der Waals surface area contributed by atoms with E-state index in [0.717, 1.165) is 30.5 Å². The third-order valence-electron chi connectivity index (χ3n) is 2.61. The molecule has 2 heterocycles. The van der Waals surface area contributed by atoms with E-state index in [1.807, 2.05) is 18.3 Å². The Kier molecular flexibility index (Phi) is 3.41. The van der Waals surface area contributed by atoms with E-state index in [1.165, 1.54) is 5.56 Å². The second-order valence-corrected chi connectivity index (χ2v) is 3.67. The molecule has 0 fully saturated rings. The van der Waals surface area contributed by atoms with Crippen LogP contribution in [0.5, 0.6) is 5.88 Å². The fourth-order valence-electron chi connectivity index (χ4n) is 1.74. The normalized spacial score (nSPS) is 10.9. The zero-order valence-electron chi connectivity index (χ0n) is 9.71. The zero-order valence-corrected chi connectivity index (χ0v) is 9.71. The lowest BCUT2D eigenvalue weighted by Gasteiger charge is -2.01. The maximum Gasteiger partial charge on any atom is 0.213 e. The fraction of sp³-hybridized carbons (Fsp3) is 0.417. The lowest BCUT2D eigenvalue weighted by atomic mass is 10.2. The molecule has 0 radical (unpaired) electrons. The molecular weight excluding hydrogens is 202 g/mol. The van der Waals surface area contributed by atoms with E-state index >= 15 is 0 Å². The molecule has 2 N–H and O–H groups in total. The number of hydrogen-bond donors (Lipinski definition) is 2. The molecule has 0 bridgehead atoms. The van der Waals surface area contributed by atoms with Crippen LogP contribution < -0.4 is 10.1 Å². The molecule has 0 aliphatic heterocycles. The van der Waals surface area contributed by atoms with Gasteiger partial charge in [-0.3, -0.25) is 0 Å². The largest absolute Gasteiger partial charge is 0.481 e. The number of pyridine rings is 1. The first-order chi connectivity index (χ1) is 7.85. The molecule has 0 unspecified atom stereocenters. The average molecular weight is 219 g/mol. The Morgan fingerprint density at radius 3 is 3.06 bits per heavy atom. The molecule has 2 aromatic rings. The molecular formula is C12H17N3O. The minimum Gasteiger partial charge on any atom is -0.481 e. The summed E-state index contributed by atoms with van der Waals surface area (Å²) in [5, 5.41) is 3.31. The summed E-state index contributed by atoms with van der Waals surface area (Å²) in [4.78, 5) is 7.67. The van der Waals surface area contributed by atoms with Gasteiger partial charge >= 0.3 is 0 Å². The summed E-state index contributed by atoms with van der Waals surface area (Å²) in [7, 11) is 1.64. The molecule has 0 aliphatic carbocycles. The lowest BCUT2D eigenvalue weighted by molar-refractivity contribution is 0.399. The molecule has 4 nitrogen and oxygen atoms in total. The van der Waals surface area contributed by atoms with E-state index in [1.54, 1.807) is 7.11 Å². The number of H-pyrrole nitrogens is 1. The van der Waals surface area contributed by atoms with Crippen molar-refractivity contribution in [2.75, 3.05) is 20.2 Å². The first-order valence-electron chi connectivity index (χ1n) is 5.57. The highest BCUT2D eigenvalue weighted by molar-refractivity contribution is 5.79. The van der Waals surface area contributed by atoms with Gasteiger partial charge in [0.25, 0.3) is 0 Å². The Bertz CT molecular complexity index is 464. The van der Waals surface area contributed by atoms with Gasteiger partial charge in [-0.25, -0.2) is 4.98 Å². The van der Waals surface area contributed by atoms with Gasteiger partial charge in [-0.05, 0) is 31.1 Å². The number of rotatable bonds is 5. The summed E-state index contributed by atoms with van der Waals surface area (Å²) >= 11 is 0. The number of likely N-dealkylation sites (N-methyl/N-ethyl adjacent to an activating group) is 1. The SMILES string of the molecule is CCNCCc1c[nH]c2ccc(OC)nc12. The Balaban J connectivity index is 2.24. The van der Waals surface area contributed by atoms with Crippen LogP contribution in [0.15, 0.2) is 18.3 Å². The van der Waals surface area contributed by atoms with Gasteiger partial charge in [-0.2, -0.15) is 0 Å². The van der Waals surface area contributed by atoms with Gasteiger partial charge in [-0.1, -0.05) is 6.92 Å². The number of aromatic amines is 1. The molecule has 0 saturated heterocycles. The van der Waals surface area contributed by atoms with Crippen LogP contribution in [0, 0.1) is 0 Å². The maximum absolute atomic E-state index is 5.13. The third kappa shape index (κ3) is 2.17. The van der Waals surface area contributed by atoms with Crippen LogP contribution in [0.2, 0.25) is 0 Å². The van der Waals surface area contributed by atoms with Gasteiger partial charge in [0.2, 0.25) is 5.88 Å². The number of methoxy groups -OCH3 is 1. The summed E-state index contributed by atoms with van der Waals surface area (Å²) in [5.74, 6) is 0.664. The van der Waals surface area contributed by atoms with Crippen LogP contribution in [0.1, 0.15) is 12.5 Å². The van der Waals surface area contributed by atoms with Crippen LogP contribution in [0.25, 0.3) is 11.0 Å². The van der Waals surface area contributed by atoms with E-state index in [-0.39, 0.29) is 0 Å². The van der Waals surface area contributed by atoms with Crippen LogP contribution in [-0.4, -0.2) is 30.2 Å². The Hall–Kier alpha value is -1.55. The Morgan fingerprint density at radius 2 is 2.31 bits per heavy atom. The molecule has 0 spiro atoms. The van der Waals surface area contributed by atoms with Crippen molar-refractivity contribution in [2.45, 2.75) is 13.3 Å². The highest BCUT2D eigenvalue weighted by atomic mass is 16.5. The molecule has 0 atom stereocenters. The van der Waals surface area contributed by atoms with Crippen molar-refractivity contribution in [1.29, 1.82) is 0 Å². The number of fused-ring (bicyclic) bond motifs is 1. The Labute approximate surface area is 95.0 Å². The highest BCUT2D eigenvalue weighted by Gasteiger charge is 2.05. The molecule has 0 aromatic carbocycles. The summed E-state index contributed by atoms with van der Waals surface area (Å²) < 4.78 is 5.13. The van der Waals surface area contributed by atoms with Crippen LogP contribution in [0.4, 0.5) is 0 Å². The quantitative estimate of drug-likeness (QED) is 0.753. The second-order valence-electron chi connectivity index (χ2n) is 3.67. The third-order valence-corrected chi connectivity index (χ3v) is 2.61. The Morgan fingerprint density at radius 1 is 1.44 bits per heavy atom. The number of nitrogens with one attached hydrogen (secondary N) is 2. The molecule has 2 rings (SSSR count). The van der Waals surface area contributed by atoms with Crippen molar-refractivity contribution in [2.24, 2.45) is 0 Å². The van der Waals surface area contributed by atoms with Gasteiger partial charge in [0.05, 0.1) is 18.1 Å². The van der Waals surface area contributed by atoms with Gasteiger partial charge in [0, 0.05) is 12.3 Å². The molecule has 0 aliphatic rings. The van der Waals surface area contributed by atoms with Gasteiger partial charge < -0.3 is 15.0 Å². The van der Waals surface area contributed by atoms with Crippen LogP contribution in [-0.2, 0) is 6.42 Å². The van der Waals surface area contributed by atoms with E-state index in [0.29, 0.717) is 5.88 Å². The molecule has 16 heavy (non-hydrogen) atoms. The summed E-state index contributed by atoms with van der Waals surface area (Å²) in [6, 6.07) is 3.87. The van der Waals surface area contributed by atoms with Crippen molar-refractivity contribution < 1.29 is 4.74 Å². The molecule has 0 saturated carbocycles. The van der Waals surface area contributed by atoms with Crippen LogP contribution in [0.3, 0.4) is 0 Å². The van der Waals surface area contributed by atoms with E-state index in [2.05, 4.69) is 22.2 Å². The van der Waals surface area contributed by atoms with Crippen molar-refractivity contribution in [1.82, 2.24) is 15.3 Å². The average Bonchev–Trinajstić information content (AvgIpc) is 2.72. The highest BCUT2D eigenvalue weighted by Crippen LogP contribution is 2.19.